The number of aromatic nitrogens is 2. The molecule has 2 aromatic rings. The summed E-state index contributed by atoms with van der Waals surface area (Å²) in [6, 6.07) is 5.68. The average Bonchev–Trinajstić information content (AvgIpc) is 2.89. The zero-order valence-corrected chi connectivity index (χ0v) is 10.6. The van der Waals surface area contributed by atoms with Crippen molar-refractivity contribution in [2.75, 3.05) is 5.32 Å². The van der Waals surface area contributed by atoms with Gasteiger partial charge in [-0.3, -0.25) is 4.79 Å². The molecule has 0 atom stereocenters. The summed E-state index contributed by atoms with van der Waals surface area (Å²) < 4.78 is 0. The zero-order chi connectivity index (χ0) is 13.2. The second kappa shape index (κ2) is 5.01. The van der Waals surface area contributed by atoms with Gasteiger partial charge < -0.3 is 15.4 Å². The van der Waals surface area contributed by atoms with Crippen LogP contribution in [0.5, 0.6) is 0 Å². The molecular formula is C14H17N3O2. The number of carbonyl (C=O) groups is 1. The van der Waals surface area contributed by atoms with E-state index in [2.05, 4.69) is 15.3 Å². The number of hydrogen-bond donors (Lipinski definition) is 3. The van der Waals surface area contributed by atoms with Crippen LogP contribution in [0.1, 0.15) is 25.7 Å². The fourth-order valence-electron chi connectivity index (χ4n) is 2.64. The lowest BCUT2D eigenvalue weighted by molar-refractivity contribution is -0.121. The number of hydrogen-bond acceptors (Lipinski definition) is 3. The van der Waals surface area contributed by atoms with E-state index in [4.69, 9.17) is 0 Å². The van der Waals surface area contributed by atoms with Gasteiger partial charge in [0.2, 0.25) is 5.91 Å². The van der Waals surface area contributed by atoms with E-state index in [9.17, 15) is 9.90 Å². The summed E-state index contributed by atoms with van der Waals surface area (Å²) in [7, 11) is 0. The van der Waals surface area contributed by atoms with Crippen molar-refractivity contribution in [3.8, 4) is 0 Å². The molecule has 3 N–H and O–H groups in total. The summed E-state index contributed by atoms with van der Waals surface area (Å²) in [5.74, 6) is 0.0278. The summed E-state index contributed by atoms with van der Waals surface area (Å²) in [4.78, 5) is 19.5. The van der Waals surface area contributed by atoms with E-state index in [1.807, 2.05) is 18.2 Å². The maximum atomic E-state index is 12.2. The smallest absolute Gasteiger partial charge is 0.227 e. The number of amides is 1. The monoisotopic (exact) mass is 259 g/mol. The van der Waals surface area contributed by atoms with Gasteiger partial charge in [-0.25, -0.2) is 4.98 Å². The largest absolute Gasteiger partial charge is 0.393 e. The molecule has 1 aliphatic carbocycles. The second-order valence-corrected chi connectivity index (χ2v) is 5.10. The van der Waals surface area contributed by atoms with Crippen molar-refractivity contribution in [2.24, 2.45) is 5.92 Å². The molecule has 0 spiro atoms. The molecule has 1 heterocycles. The number of fused-ring (bicyclic) bond motifs is 1. The lowest BCUT2D eigenvalue weighted by Crippen LogP contribution is -2.28. The molecule has 0 bridgehead atoms. The number of anilines is 1. The lowest BCUT2D eigenvalue weighted by atomic mass is 9.87. The van der Waals surface area contributed by atoms with E-state index >= 15 is 0 Å². The predicted molar refractivity (Wildman–Crippen MR) is 72.7 cm³/mol. The average molecular weight is 259 g/mol. The van der Waals surface area contributed by atoms with Crippen LogP contribution in [0.25, 0.3) is 11.0 Å². The van der Waals surface area contributed by atoms with Gasteiger partial charge >= 0.3 is 0 Å². The molecule has 0 aliphatic heterocycles. The van der Waals surface area contributed by atoms with Crippen LogP contribution in [0, 0.1) is 5.92 Å². The lowest BCUT2D eigenvalue weighted by Gasteiger charge is -2.24. The third-order valence-corrected chi connectivity index (χ3v) is 3.78. The molecule has 3 rings (SSSR count). The first-order chi connectivity index (χ1) is 9.24. The number of aromatic amines is 1. The van der Waals surface area contributed by atoms with Crippen LogP contribution in [0.3, 0.4) is 0 Å². The minimum atomic E-state index is -0.237. The number of nitrogens with one attached hydrogen (secondary N) is 2. The quantitative estimate of drug-likeness (QED) is 0.772. The van der Waals surface area contributed by atoms with Crippen molar-refractivity contribution < 1.29 is 9.90 Å². The number of aliphatic hydroxyl groups excluding tert-OH is 1. The van der Waals surface area contributed by atoms with Crippen LogP contribution >= 0.6 is 0 Å². The highest BCUT2D eigenvalue weighted by atomic mass is 16.3. The molecule has 19 heavy (non-hydrogen) atoms. The highest BCUT2D eigenvalue weighted by Crippen LogP contribution is 2.26. The zero-order valence-electron chi connectivity index (χ0n) is 10.6. The van der Waals surface area contributed by atoms with Crippen LogP contribution in [0.2, 0.25) is 0 Å². The Bertz CT molecular complexity index is 585. The molecule has 1 amide bonds. The van der Waals surface area contributed by atoms with E-state index in [0.717, 1.165) is 29.6 Å². The Morgan fingerprint density at radius 1 is 1.32 bits per heavy atom. The van der Waals surface area contributed by atoms with Crippen LogP contribution in [0.15, 0.2) is 24.5 Å². The Kier molecular flexibility index (Phi) is 3.21. The number of aliphatic hydroxyl groups is 1. The first kappa shape index (κ1) is 12.2. The van der Waals surface area contributed by atoms with E-state index in [1.165, 1.54) is 0 Å². The van der Waals surface area contributed by atoms with Gasteiger partial charge in [0.05, 0.1) is 23.6 Å². The number of H-pyrrole nitrogens is 1. The fraction of sp³-hybridized carbons (Fsp3) is 0.429. The van der Waals surface area contributed by atoms with Gasteiger partial charge in [-0.1, -0.05) is 6.07 Å². The van der Waals surface area contributed by atoms with E-state index in [0.29, 0.717) is 12.8 Å². The number of benzene rings is 1. The van der Waals surface area contributed by atoms with E-state index < -0.39 is 0 Å². The Hall–Kier alpha value is -1.88. The van der Waals surface area contributed by atoms with Crippen molar-refractivity contribution in [1.82, 2.24) is 9.97 Å². The van der Waals surface area contributed by atoms with Gasteiger partial charge in [-0.05, 0) is 37.8 Å². The number of imidazole rings is 1. The molecule has 0 radical (unpaired) electrons. The van der Waals surface area contributed by atoms with Crippen molar-refractivity contribution >= 4 is 22.6 Å². The highest BCUT2D eigenvalue weighted by molar-refractivity contribution is 6.00. The van der Waals surface area contributed by atoms with Gasteiger partial charge in [0.1, 0.15) is 5.52 Å². The van der Waals surface area contributed by atoms with Crippen molar-refractivity contribution in [3.05, 3.63) is 24.5 Å². The summed E-state index contributed by atoms with van der Waals surface area (Å²) in [5, 5.41) is 12.4. The Morgan fingerprint density at radius 2 is 2.11 bits per heavy atom. The first-order valence-corrected chi connectivity index (χ1v) is 6.65. The van der Waals surface area contributed by atoms with Crippen LogP contribution in [0.4, 0.5) is 5.69 Å². The summed E-state index contributed by atoms with van der Waals surface area (Å²) in [6.07, 6.45) is 4.32. The standard InChI is InChI=1S/C14H17N3O2/c18-10-6-4-9(5-7-10)14(19)17-12-3-1-2-11-13(12)16-8-15-11/h1-3,8-10,18H,4-7H2,(H,15,16)(H,17,19). The Morgan fingerprint density at radius 3 is 2.89 bits per heavy atom. The molecule has 0 saturated heterocycles. The summed E-state index contributed by atoms with van der Waals surface area (Å²) in [6.45, 7) is 0. The number of carbonyl (C=O) groups excluding carboxylic acids is 1. The number of para-hydroxylation sites is 1. The van der Waals surface area contributed by atoms with Crippen molar-refractivity contribution in [2.45, 2.75) is 31.8 Å². The van der Waals surface area contributed by atoms with Crippen LogP contribution in [-0.2, 0) is 4.79 Å². The topological polar surface area (TPSA) is 78.0 Å². The highest BCUT2D eigenvalue weighted by Gasteiger charge is 2.25. The molecule has 1 fully saturated rings. The SMILES string of the molecule is O=C(Nc1cccc2[nH]cnc12)C1CCC(O)CC1. The minimum absolute atomic E-state index is 0.00222. The van der Waals surface area contributed by atoms with Gasteiger partial charge in [0, 0.05) is 5.92 Å². The van der Waals surface area contributed by atoms with Crippen LogP contribution in [-0.4, -0.2) is 27.1 Å². The minimum Gasteiger partial charge on any atom is -0.393 e. The molecule has 100 valence electrons. The van der Waals surface area contributed by atoms with Crippen molar-refractivity contribution in [3.63, 3.8) is 0 Å². The molecular weight excluding hydrogens is 242 g/mol. The molecule has 1 saturated carbocycles. The van der Waals surface area contributed by atoms with Crippen molar-refractivity contribution in [1.29, 1.82) is 0 Å². The third-order valence-electron chi connectivity index (χ3n) is 3.78. The molecule has 1 aliphatic rings. The van der Waals surface area contributed by atoms with Crippen LogP contribution < -0.4 is 5.32 Å². The summed E-state index contributed by atoms with van der Waals surface area (Å²) >= 11 is 0. The van der Waals surface area contributed by atoms with Gasteiger partial charge in [-0.2, -0.15) is 0 Å². The second-order valence-electron chi connectivity index (χ2n) is 5.10. The number of rotatable bonds is 2. The van der Waals surface area contributed by atoms with E-state index in [1.54, 1.807) is 6.33 Å². The predicted octanol–water partition coefficient (Wildman–Crippen LogP) is 2.05. The van der Waals surface area contributed by atoms with Gasteiger partial charge in [-0.15, -0.1) is 0 Å². The molecule has 5 heteroatoms. The van der Waals surface area contributed by atoms with Gasteiger partial charge in [0.15, 0.2) is 0 Å². The third kappa shape index (κ3) is 2.46. The normalized spacial score (nSPS) is 23.4. The number of nitrogens with zero attached hydrogens (tertiary/aromatic N) is 1. The first-order valence-electron chi connectivity index (χ1n) is 6.65. The molecule has 1 aromatic carbocycles. The van der Waals surface area contributed by atoms with E-state index in [-0.39, 0.29) is 17.9 Å². The molecule has 0 unspecified atom stereocenters. The summed E-state index contributed by atoms with van der Waals surface area (Å²) in [5.41, 5.74) is 2.44. The molecule has 5 nitrogen and oxygen atoms in total. The maximum Gasteiger partial charge on any atom is 0.227 e. The molecule has 1 aromatic heterocycles. The maximum absolute atomic E-state index is 12.2. The Balaban J connectivity index is 1.74. The Labute approximate surface area is 111 Å². The fourth-order valence-corrected chi connectivity index (χ4v) is 2.64. The van der Waals surface area contributed by atoms with Gasteiger partial charge in [0.25, 0.3) is 0 Å².